The molecule has 29 heavy (non-hydrogen) atoms. The standard InChI is InChI=1S/C20H19N5O4/c26-20-17-3-1-2-4-18(17)22-19(14-23-9-11-29-12-10-23)24(20)21-13-15-5-7-16(8-6-15)25(27)28/h1-8,13H,9-12,14H2/b21-13+. The van der Waals surface area contributed by atoms with E-state index in [1.165, 1.54) is 23.0 Å². The van der Waals surface area contributed by atoms with Crippen molar-refractivity contribution >= 4 is 22.8 Å². The molecule has 9 nitrogen and oxygen atoms in total. The van der Waals surface area contributed by atoms with Crippen molar-refractivity contribution in [2.45, 2.75) is 6.54 Å². The highest BCUT2D eigenvalue weighted by Crippen LogP contribution is 2.12. The number of para-hydroxylation sites is 1. The number of non-ortho nitro benzene ring substituents is 1. The molecule has 1 fully saturated rings. The van der Waals surface area contributed by atoms with E-state index in [9.17, 15) is 14.9 Å². The number of rotatable bonds is 5. The van der Waals surface area contributed by atoms with Gasteiger partial charge in [0.1, 0.15) is 5.82 Å². The Balaban J connectivity index is 1.72. The van der Waals surface area contributed by atoms with Gasteiger partial charge in [-0.05, 0) is 29.8 Å². The summed E-state index contributed by atoms with van der Waals surface area (Å²) in [6.45, 7) is 3.28. The summed E-state index contributed by atoms with van der Waals surface area (Å²) in [5, 5.41) is 15.6. The Bertz CT molecular complexity index is 1120. The first-order chi connectivity index (χ1) is 14.1. The smallest absolute Gasteiger partial charge is 0.282 e. The number of fused-ring (bicyclic) bond motifs is 1. The number of benzene rings is 2. The van der Waals surface area contributed by atoms with Crippen molar-refractivity contribution < 1.29 is 9.66 Å². The Morgan fingerprint density at radius 1 is 1.14 bits per heavy atom. The number of morpholine rings is 1. The van der Waals surface area contributed by atoms with E-state index in [2.05, 4.69) is 15.0 Å². The number of ether oxygens (including phenoxy) is 1. The van der Waals surface area contributed by atoms with Crippen LogP contribution in [0.15, 0.2) is 58.4 Å². The summed E-state index contributed by atoms with van der Waals surface area (Å²) in [7, 11) is 0. The van der Waals surface area contributed by atoms with Crippen molar-refractivity contribution in [1.82, 2.24) is 14.6 Å². The second-order valence-electron chi connectivity index (χ2n) is 6.64. The molecule has 0 aliphatic carbocycles. The molecular formula is C20H19N5O4. The van der Waals surface area contributed by atoms with Crippen LogP contribution in [0.4, 0.5) is 5.69 Å². The lowest BCUT2D eigenvalue weighted by Gasteiger charge is -2.26. The van der Waals surface area contributed by atoms with Crippen molar-refractivity contribution in [3.63, 3.8) is 0 Å². The molecule has 0 saturated carbocycles. The Labute approximate surface area is 166 Å². The molecule has 0 bridgehead atoms. The van der Waals surface area contributed by atoms with Gasteiger partial charge < -0.3 is 4.74 Å². The first-order valence-corrected chi connectivity index (χ1v) is 9.21. The molecular weight excluding hydrogens is 374 g/mol. The quantitative estimate of drug-likeness (QED) is 0.373. The highest BCUT2D eigenvalue weighted by atomic mass is 16.6. The minimum absolute atomic E-state index is 0.000282. The molecule has 2 aromatic carbocycles. The molecule has 0 amide bonds. The predicted molar refractivity (Wildman–Crippen MR) is 108 cm³/mol. The molecule has 1 aliphatic heterocycles. The molecule has 0 spiro atoms. The molecule has 0 unspecified atom stereocenters. The molecule has 9 heteroatoms. The molecule has 148 valence electrons. The van der Waals surface area contributed by atoms with E-state index in [0.29, 0.717) is 42.0 Å². The van der Waals surface area contributed by atoms with Crippen LogP contribution in [0.1, 0.15) is 11.4 Å². The SMILES string of the molecule is O=c1c2ccccc2nc(CN2CCOCC2)n1/N=C/c1ccc([N+](=O)[O-])cc1. The van der Waals surface area contributed by atoms with Crippen LogP contribution in [-0.2, 0) is 11.3 Å². The Morgan fingerprint density at radius 2 is 1.86 bits per heavy atom. The fourth-order valence-electron chi connectivity index (χ4n) is 3.16. The van der Waals surface area contributed by atoms with Crippen LogP contribution in [0.2, 0.25) is 0 Å². The minimum atomic E-state index is -0.459. The summed E-state index contributed by atoms with van der Waals surface area (Å²) in [6.07, 6.45) is 1.50. The van der Waals surface area contributed by atoms with Crippen molar-refractivity contribution in [3.8, 4) is 0 Å². The van der Waals surface area contributed by atoms with E-state index in [0.717, 1.165) is 13.1 Å². The summed E-state index contributed by atoms with van der Waals surface area (Å²) < 4.78 is 6.69. The average Bonchev–Trinajstić information content (AvgIpc) is 2.74. The van der Waals surface area contributed by atoms with E-state index in [1.54, 1.807) is 24.3 Å². The van der Waals surface area contributed by atoms with E-state index in [4.69, 9.17) is 4.74 Å². The second-order valence-corrected chi connectivity index (χ2v) is 6.64. The average molecular weight is 393 g/mol. The van der Waals surface area contributed by atoms with Crippen LogP contribution in [-0.4, -0.2) is 52.0 Å². The van der Waals surface area contributed by atoms with Crippen molar-refractivity contribution in [2.75, 3.05) is 26.3 Å². The molecule has 3 aromatic rings. The van der Waals surface area contributed by atoms with E-state index in [1.807, 2.05) is 12.1 Å². The van der Waals surface area contributed by atoms with Gasteiger partial charge in [-0.15, -0.1) is 0 Å². The zero-order valence-corrected chi connectivity index (χ0v) is 15.6. The Kier molecular flexibility index (Phi) is 5.41. The number of hydrogen-bond donors (Lipinski definition) is 0. The van der Waals surface area contributed by atoms with Gasteiger partial charge in [-0.1, -0.05) is 12.1 Å². The third kappa shape index (κ3) is 4.20. The first-order valence-electron chi connectivity index (χ1n) is 9.21. The second kappa shape index (κ2) is 8.29. The van der Waals surface area contributed by atoms with Gasteiger partial charge in [0, 0.05) is 25.2 Å². The molecule has 1 saturated heterocycles. The number of hydrogen-bond acceptors (Lipinski definition) is 7. The molecule has 0 N–H and O–H groups in total. The maximum Gasteiger partial charge on any atom is 0.282 e. The van der Waals surface area contributed by atoms with Gasteiger partial charge in [-0.2, -0.15) is 9.78 Å². The van der Waals surface area contributed by atoms with Gasteiger partial charge >= 0.3 is 0 Å². The Morgan fingerprint density at radius 3 is 2.59 bits per heavy atom. The number of nitro benzene ring substituents is 1. The van der Waals surface area contributed by atoms with Crippen molar-refractivity contribution in [1.29, 1.82) is 0 Å². The third-order valence-electron chi connectivity index (χ3n) is 4.72. The first kappa shape index (κ1) is 18.9. The lowest BCUT2D eigenvalue weighted by molar-refractivity contribution is -0.384. The topological polar surface area (TPSA) is 103 Å². The van der Waals surface area contributed by atoms with Gasteiger partial charge in [0.25, 0.3) is 11.2 Å². The highest BCUT2D eigenvalue weighted by molar-refractivity contribution is 5.80. The molecule has 2 heterocycles. The van der Waals surface area contributed by atoms with E-state index in [-0.39, 0.29) is 11.2 Å². The molecule has 0 atom stereocenters. The van der Waals surface area contributed by atoms with Crippen LogP contribution >= 0.6 is 0 Å². The van der Waals surface area contributed by atoms with Gasteiger partial charge in [-0.3, -0.25) is 19.8 Å². The number of nitro groups is 1. The molecule has 4 rings (SSSR count). The van der Waals surface area contributed by atoms with Gasteiger partial charge in [0.2, 0.25) is 0 Å². The number of aromatic nitrogens is 2. The normalized spacial score (nSPS) is 15.2. The summed E-state index contributed by atoms with van der Waals surface area (Å²) in [5.74, 6) is 0.536. The predicted octanol–water partition coefficient (Wildman–Crippen LogP) is 2.02. The minimum Gasteiger partial charge on any atom is -0.379 e. The van der Waals surface area contributed by atoms with Crippen LogP contribution in [0, 0.1) is 10.1 Å². The van der Waals surface area contributed by atoms with Gasteiger partial charge in [0.05, 0.1) is 41.8 Å². The van der Waals surface area contributed by atoms with Crippen LogP contribution < -0.4 is 5.56 Å². The molecule has 0 radical (unpaired) electrons. The van der Waals surface area contributed by atoms with Gasteiger partial charge in [-0.25, -0.2) is 4.98 Å². The maximum absolute atomic E-state index is 13.0. The van der Waals surface area contributed by atoms with E-state index >= 15 is 0 Å². The lowest BCUT2D eigenvalue weighted by atomic mass is 10.2. The summed E-state index contributed by atoms with van der Waals surface area (Å²) in [5.41, 5.74) is 1.02. The molecule has 1 aliphatic rings. The lowest BCUT2D eigenvalue weighted by Crippen LogP contribution is -2.37. The summed E-state index contributed by atoms with van der Waals surface area (Å²) >= 11 is 0. The van der Waals surface area contributed by atoms with Gasteiger partial charge in [0.15, 0.2) is 0 Å². The zero-order chi connectivity index (χ0) is 20.2. The van der Waals surface area contributed by atoms with Crippen LogP contribution in [0.25, 0.3) is 10.9 Å². The largest absolute Gasteiger partial charge is 0.379 e. The molecule has 1 aromatic heterocycles. The summed E-state index contributed by atoms with van der Waals surface area (Å²) in [6, 6.07) is 13.1. The van der Waals surface area contributed by atoms with Crippen molar-refractivity contribution in [2.24, 2.45) is 5.10 Å². The van der Waals surface area contributed by atoms with E-state index < -0.39 is 4.92 Å². The maximum atomic E-state index is 13.0. The highest BCUT2D eigenvalue weighted by Gasteiger charge is 2.16. The van der Waals surface area contributed by atoms with Crippen molar-refractivity contribution in [3.05, 3.63) is 80.4 Å². The van der Waals surface area contributed by atoms with Crippen LogP contribution in [0.3, 0.4) is 0 Å². The Hall–Kier alpha value is -3.43. The monoisotopic (exact) mass is 393 g/mol. The number of nitrogens with zero attached hydrogens (tertiary/aromatic N) is 5. The zero-order valence-electron chi connectivity index (χ0n) is 15.6. The van der Waals surface area contributed by atoms with Crippen LogP contribution in [0.5, 0.6) is 0 Å². The third-order valence-corrected chi connectivity index (χ3v) is 4.72. The fourth-order valence-corrected chi connectivity index (χ4v) is 3.16. The summed E-state index contributed by atoms with van der Waals surface area (Å²) in [4.78, 5) is 30.2. The fraction of sp³-hybridized carbons (Fsp3) is 0.250.